The van der Waals surface area contributed by atoms with Gasteiger partial charge in [0.15, 0.2) is 0 Å². The van der Waals surface area contributed by atoms with Crippen LogP contribution in [0.15, 0.2) is 0 Å². The Morgan fingerprint density at radius 1 is 1.47 bits per heavy atom. The molecule has 1 aliphatic rings. The first-order valence-corrected chi connectivity index (χ1v) is 6.76. The molecule has 1 N–H and O–H groups in total. The van der Waals surface area contributed by atoms with Gasteiger partial charge in [0.25, 0.3) is 0 Å². The molecule has 2 amide bonds. The number of carboxylic acid groups (broad SMARTS) is 1. The van der Waals surface area contributed by atoms with Crippen LogP contribution in [-0.4, -0.2) is 66.3 Å². The highest BCUT2D eigenvalue weighted by Crippen LogP contribution is 2.17. The molecule has 0 spiro atoms. The van der Waals surface area contributed by atoms with Crippen molar-refractivity contribution < 1.29 is 19.4 Å². The number of carbonyl (C=O) groups excluding carboxylic acids is 1. The first kappa shape index (κ1) is 15.8. The smallest absolute Gasteiger partial charge is 0.319 e. The van der Waals surface area contributed by atoms with E-state index >= 15 is 0 Å². The molecule has 0 aliphatic carbocycles. The number of nitrogens with zero attached hydrogens (tertiary/aromatic N) is 2. The molecule has 0 saturated carbocycles. The summed E-state index contributed by atoms with van der Waals surface area (Å²) in [7, 11) is 1.72. The van der Waals surface area contributed by atoms with Crippen LogP contribution in [0.5, 0.6) is 0 Å². The largest absolute Gasteiger partial charge is 0.481 e. The number of piperidine rings is 1. The monoisotopic (exact) mass is 272 g/mol. The van der Waals surface area contributed by atoms with Crippen molar-refractivity contribution in [2.45, 2.75) is 32.8 Å². The van der Waals surface area contributed by atoms with E-state index in [1.165, 1.54) is 0 Å². The number of aliphatic carboxylic acids is 1. The molecule has 0 radical (unpaired) electrons. The molecule has 0 aromatic carbocycles. The molecular formula is C13H24N2O4. The molecule has 1 heterocycles. The lowest BCUT2D eigenvalue weighted by atomic mass is 9.99. The lowest BCUT2D eigenvalue weighted by Gasteiger charge is -2.33. The molecule has 0 bridgehead atoms. The van der Waals surface area contributed by atoms with Gasteiger partial charge in [0.1, 0.15) is 0 Å². The number of likely N-dealkylation sites (N-methyl/N-ethyl adjacent to an activating group) is 1. The summed E-state index contributed by atoms with van der Waals surface area (Å²) in [6.45, 7) is 5.86. The average Bonchev–Trinajstić information content (AvgIpc) is 2.37. The zero-order valence-corrected chi connectivity index (χ0v) is 12.0. The highest BCUT2D eigenvalue weighted by atomic mass is 16.5. The third kappa shape index (κ3) is 5.06. The Balaban J connectivity index is 2.40. The minimum absolute atomic E-state index is 0.113. The van der Waals surface area contributed by atoms with E-state index in [-0.39, 0.29) is 12.1 Å². The van der Waals surface area contributed by atoms with E-state index in [4.69, 9.17) is 9.84 Å². The van der Waals surface area contributed by atoms with Gasteiger partial charge in [-0.2, -0.15) is 0 Å². The summed E-state index contributed by atoms with van der Waals surface area (Å²) < 4.78 is 5.40. The Morgan fingerprint density at radius 3 is 2.74 bits per heavy atom. The molecule has 19 heavy (non-hydrogen) atoms. The topological polar surface area (TPSA) is 70.1 Å². The van der Waals surface area contributed by atoms with Crippen molar-refractivity contribution >= 4 is 12.0 Å². The summed E-state index contributed by atoms with van der Waals surface area (Å²) in [6, 6.07) is -0.113. The zero-order valence-electron chi connectivity index (χ0n) is 12.0. The van der Waals surface area contributed by atoms with Gasteiger partial charge < -0.3 is 19.6 Å². The molecule has 6 nitrogen and oxygen atoms in total. The van der Waals surface area contributed by atoms with Crippen molar-refractivity contribution in [2.24, 2.45) is 5.92 Å². The fourth-order valence-electron chi connectivity index (χ4n) is 2.11. The minimum Gasteiger partial charge on any atom is -0.481 e. The Morgan fingerprint density at radius 2 is 2.16 bits per heavy atom. The lowest BCUT2D eigenvalue weighted by molar-refractivity contribution is -0.143. The van der Waals surface area contributed by atoms with Gasteiger partial charge in [0.2, 0.25) is 0 Å². The number of amides is 2. The van der Waals surface area contributed by atoms with E-state index < -0.39 is 11.9 Å². The van der Waals surface area contributed by atoms with E-state index in [2.05, 4.69) is 0 Å². The van der Waals surface area contributed by atoms with Crippen molar-refractivity contribution in [3.63, 3.8) is 0 Å². The van der Waals surface area contributed by atoms with Crippen molar-refractivity contribution in [3.8, 4) is 0 Å². The third-order valence-electron chi connectivity index (χ3n) is 3.25. The normalized spacial score (nSPS) is 19.6. The van der Waals surface area contributed by atoms with Gasteiger partial charge in [-0.3, -0.25) is 4.79 Å². The number of hydrogen-bond donors (Lipinski definition) is 1. The molecule has 1 aliphatic heterocycles. The van der Waals surface area contributed by atoms with Crippen LogP contribution in [-0.2, 0) is 9.53 Å². The molecule has 1 rings (SSSR count). The SMILES string of the molecule is CC(C)OCCN(C)C(=O)N1CCC[C@H](C(=O)O)C1. The average molecular weight is 272 g/mol. The molecule has 1 saturated heterocycles. The second-order valence-electron chi connectivity index (χ2n) is 5.25. The summed E-state index contributed by atoms with van der Waals surface area (Å²) in [6.07, 6.45) is 1.55. The van der Waals surface area contributed by atoms with Crippen LogP contribution in [0.1, 0.15) is 26.7 Å². The van der Waals surface area contributed by atoms with E-state index in [0.29, 0.717) is 32.7 Å². The summed E-state index contributed by atoms with van der Waals surface area (Å²) in [4.78, 5) is 26.3. The van der Waals surface area contributed by atoms with Crippen LogP contribution in [0.4, 0.5) is 4.79 Å². The van der Waals surface area contributed by atoms with Crippen LogP contribution < -0.4 is 0 Å². The summed E-state index contributed by atoms with van der Waals surface area (Å²) >= 11 is 0. The number of ether oxygens (including phenoxy) is 1. The zero-order chi connectivity index (χ0) is 14.4. The van der Waals surface area contributed by atoms with Crippen molar-refractivity contribution in [2.75, 3.05) is 33.3 Å². The summed E-state index contributed by atoms with van der Waals surface area (Å²) in [5.74, 6) is -1.25. The predicted octanol–water partition coefficient (Wildman–Crippen LogP) is 1.26. The minimum atomic E-state index is -0.816. The quantitative estimate of drug-likeness (QED) is 0.818. The van der Waals surface area contributed by atoms with Gasteiger partial charge in [-0.15, -0.1) is 0 Å². The number of likely N-dealkylation sites (tertiary alicyclic amines) is 1. The third-order valence-corrected chi connectivity index (χ3v) is 3.25. The first-order valence-electron chi connectivity index (χ1n) is 6.76. The Bertz CT molecular complexity index is 320. The maximum atomic E-state index is 12.1. The van der Waals surface area contributed by atoms with Gasteiger partial charge in [-0.25, -0.2) is 4.79 Å². The lowest BCUT2D eigenvalue weighted by Crippen LogP contribution is -2.48. The molecule has 1 atom stereocenters. The molecule has 0 aromatic heterocycles. The molecule has 110 valence electrons. The number of hydrogen-bond acceptors (Lipinski definition) is 3. The highest BCUT2D eigenvalue weighted by molar-refractivity contribution is 5.76. The van der Waals surface area contributed by atoms with Crippen molar-refractivity contribution in [1.29, 1.82) is 0 Å². The van der Waals surface area contributed by atoms with E-state index in [1.54, 1.807) is 16.8 Å². The van der Waals surface area contributed by atoms with Gasteiger partial charge in [0.05, 0.1) is 18.6 Å². The Labute approximate surface area is 114 Å². The molecule has 6 heteroatoms. The first-order chi connectivity index (χ1) is 8.91. The second-order valence-corrected chi connectivity index (χ2v) is 5.25. The molecule has 0 aromatic rings. The fourth-order valence-corrected chi connectivity index (χ4v) is 2.11. The van der Waals surface area contributed by atoms with Crippen LogP contribution in [0.2, 0.25) is 0 Å². The van der Waals surface area contributed by atoms with E-state index in [9.17, 15) is 9.59 Å². The molecule has 1 fully saturated rings. The van der Waals surface area contributed by atoms with Crippen LogP contribution in [0, 0.1) is 5.92 Å². The number of carbonyl (C=O) groups is 2. The van der Waals surface area contributed by atoms with Gasteiger partial charge in [-0.1, -0.05) is 0 Å². The van der Waals surface area contributed by atoms with Gasteiger partial charge >= 0.3 is 12.0 Å². The molecular weight excluding hydrogens is 248 g/mol. The van der Waals surface area contributed by atoms with Crippen LogP contribution in [0.25, 0.3) is 0 Å². The summed E-state index contributed by atoms with van der Waals surface area (Å²) in [5, 5.41) is 9.01. The second kappa shape index (κ2) is 7.33. The van der Waals surface area contributed by atoms with Crippen molar-refractivity contribution in [1.82, 2.24) is 9.80 Å². The van der Waals surface area contributed by atoms with E-state index in [1.807, 2.05) is 13.8 Å². The fraction of sp³-hybridized carbons (Fsp3) is 0.846. The molecule has 0 unspecified atom stereocenters. The maximum absolute atomic E-state index is 12.1. The van der Waals surface area contributed by atoms with Gasteiger partial charge in [0, 0.05) is 26.7 Å². The predicted molar refractivity (Wildman–Crippen MR) is 71.0 cm³/mol. The van der Waals surface area contributed by atoms with Gasteiger partial charge in [-0.05, 0) is 26.7 Å². The summed E-state index contributed by atoms with van der Waals surface area (Å²) in [5.41, 5.74) is 0. The number of urea groups is 1. The standard InChI is InChI=1S/C13H24N2O4/c1-10(2)19-8-7-14(3)13(18)15-6-4-5-11(9-15)12(16)17/h10-11H,4-9H2,1-3H3,(H,16,17)/t11-/m0/s1. The maximum Gasteiger partial charge on any atom is 0.319 e. The number of rotatable bonds is 5. The Hall–Kier alpha value is -1.30. The van der Waals surface area contributed by atoms with E-state index in [0.717, 1.165) is 6.42 Å². The number of carboxylic acids is 1. The Kier molecular flexibility index (Phi) is 6.08. The van der Waals surface area contributed by atoms with Crippen LogP contribution >= 0.6 is 0 Å². The van der Waals surface area contributed by atoms with Crippen molar-refractivity contribution in [3.05, 3.63) is 0 Å². The van der Waals surface area contributed by atoms with Crippen LogP contribution in [0.3, 0.4) is 0 Å². The highest BCUT2D eigenvalue weighted by Gasteiger charge is 2.29.